The summed E-state index contributed by atoms with van der Waals surface area (Å²) in [4.78, 5) is 2.22. The lowest BCUT2D eigenvalue weighted by atomic mass is 9.70. The smallest absolute Gasteiger partial charge is 0.0449 e. The molecule has 5 aliphatic rings. The minimum absolute atomic E-state index is 0.0557. The van der Waals surface area contributed by atoms with Crippen LogP contribution in [0.1, 0.15) is 250 Å². The highest BCUT2D eigenvalue weighted by Gasteiger charge is 2.41. The standard InChI is InChI=1S/C35H37N.C33H33N.C33H35N.2C4H10/c1-34(2)20-18-26(19-21-34)29-22-30-28-12-8-9-13-31(28)35(3,4)32(30)23-33(29)36-27-16-14-25(15-17-27)24-10-6-5-7-11-24;1-33(2)30-16-10-9-15-27(30)29-21-28(25-13-7-4-8-14-25)32(22-31(29)33)34-26-19-17-24(18-20-26)23-11-5-3-6-12-23;1-22-19-25(24-13-9-8-10-14-24)17-18-30(22)34(32(3,4)5)31-21-29-27(20-23(31)2)26-15-11-12-16-28(26)33(29,6)7;2*1-4(2)3/h5-17,22-23,26,36H,18-21H2,1-4H3;3,5-6,9-12,15-22,25,34H,4,7-8,13-14H2,1-2H3;8-21H,1-7H3;2*4H,1-3H3/i26D;25D;2D3;;. The zero-order valence-corrected chi connectivity index (χ0v) is 70.4. The van der Waals surface area contributed by atoms with Gasteiger partial charge >= 0.3 is 0 Å². The summed E-state index contributed by atoms with van der Waals surface area (Å²) < 4.78 is 44.8. The molecule has 0 radical (unpaired) electrons. The molecule has 112 heavy (non-hydrogen) atoms. The molecule has 3 heteroatoms. The van der Waals surface area contributed by atoms with Gasteiger partial charge in [0.25, 0.3) is 0 Å². The average molecular weight is 1480 g/mol. The Morgan fingerprint density at radius 1 is 0.348 bits per heavy atom. The van der Waals surface area contributed by atoms with Gasteiger partial charge in [0.2, 0.25) is 0 Å². The lowest BCUT2D eigenvalue weighted by Gasteiger charge is -2.40. The second kappa shape index (κ2) is 33.4. The molecule has 2 fully saturated rings. The van der Waals surface area contributed by atoms with E-state index in [-0.39, 0.29) is 21.8 Å². The Bertz CT molecular complexity index is 5440. The number of nitrogens with zero attached hydrogens (tertiary/aromatic N) is 1. The van der Waals surface area contributed by atoms with Crippen LogP contribution in [0.3, 0.4) is 0 Å². The molecule has 0 unspecified atom stereocenters. The SMILES string of the molecule is CC(C)C.CC(C)C.[2H]C([2H])([2H])c1cc2c(cc1N(c1ccc(-c3ccccc3)cc1C)C(C)(C)C)C(C)(C)c1ccccc1-2.[2H]C1(c2cc3c(cc2Nc2ccc(-c4ccccc4)cc2)C(C)(C)c2ccccc2-3)CCC(C)(C)CC1.[2H]C1(c2cc3c(cc2Nc2ccc(-c4ccccc4)cc2)C(C)(C)c2ccccc2-3)CCCCC1. The van der Waals surface area contributed by atoms with Gasteiger partial charge < -0.3 is 15.5 Å². The molecule has 12 aromatic rings. The van der Waals surface area contributed by atoms with Crippen LogP contribution in [0.5, 0.6) is 0 Å². The van der Waals surface area contributed by atoms with E-state index in [0.717, 1.165) is 131 Å². The van der Waals surface area contributed by atoms with Gasteiger partial charge in [0.15, 0.2) is 0 Å². The van der Waals surface area contributed by atoms with Crippen molar-refractivity contribution in [2.24, 2.45) is 17.3 Å². The van der Waals surface area contributed by atoms with Crippen LogP contribution in [-0.4, -0.2) is 5.54 Å². The number of anilines is 6. The molecule has 3 nitrogen and oxygen atoms in total. The van der Waals surface area contributed by atoms with Gasteiger partial charge in [-0.1, -0.05) is 310 Å². The minimum atomic E-state index is -2.26. The normalized spacial score (nSPS) is 17.0. The molecule has 2 saturated carbocycles. The monoisotopic (exact) mass is 1480 g/mol. The van der Waals surface area contributed by atoms with Crippen molar-refractivity contribution < 1.29 is 6.85 Å². The van der Waals surface area contributed by atoms with E-state index in [0.29, 0.717) is 11.0 Å². The third-order valence-corrected chi connectivity index (χ3v) is 23.6. The fraction of sp³-hybridized carbons (Fsp3) is 0.339. The van der Waals surface area contributed by atoms with Gasteiger partial charge in [-0.3, -0.25) is 0 Å². The zero-order chi connectivity index (χ0) is 83.8. The van der Waals surface area contributed by atoms with Gasteiger partial charge in [0.05, 0.1) is 0 Å². The summed E-state index contributed by atoms with van der Waals surface area (Å²) in [6.07, 6.45) is 9.32. The van der Waals surface area contributed by atoms with Crippen molar-refractivity contribution in [3.8, 4) is 66.8 Å². The van der Waals surface area contributed by atoms with Gasteiger partial charge in [-0.25, -0.2) is 0 Å². The summed E-state index contributed by atoms with van der Waals surface area (Å²) >= 11 is 0. The average Bonchev–Trinajstić information content (AvgIpc) is 1.59. The van der Waals surface area contributed by atoms with Crippen LogP contribution in [0.15, 0.2) is 267 Å². The third-order valence-electron chi connectivity index (χ3n) is 23.6. The largest absolute Gasteiger partial charge is 0.355 e. The molecular formula is C109H125N3. The molecule has 17 rings (SSSR count). The molecule has 0 saturated heterocycles. The summed E-state index contributed by atoms with van der Waals surface area (Å²) in [5, 5.41) is 7.52. The Morgan fingerprint density at radius 3 is 1.07 bits per heavy atom. The topological polar surface area (TPSA) is 27.3 Å². The van der Waals surface area contributed by atoms with E-state index in [1.165, 1.54) is 89.9 Å². The molecule has 0 bridgehead atoms. The van der Waals surface area contributed by atoms with E-state index in [9.17, 15) is 2.74 Å². The second-order valence-electron chi connectivity index (χ2n) is 36.7. The van der Waals surface area contributed by atoms with E-state index < -0.39 is 18.6 Å². The number of nitrogens with one attached hydrogen (secondary N) is 2. The number of fused-ring (bicyclic) bond motifs is 9. The minimum Gasteiger partial charge on any atom is -0.355 e. The van der Waals surface area contributed by atoms with Crippen molar-refractivity contribution in [1.29, 1.82) is 0 Å². The predicted octanol–water partition coefficient (Wildman–Crippen LogP) is 32.1. The molecule has 5 aliphatic carbocycles. The first-order chi connectivity index (χ1) is 55.4. The Labute approximate surface area is 681 Å². The quantitative estimate of drug-likeness (QED) is 0.135. The molecule has 0 aliphatic heterocycles. The highest BCUT2D eigenvalue weighted by Crippen LogP contribution is 2.56. The van der Waals surface area contributed by atoms with Gasteiger partial charge in [0, 0.05) is 62.8 Å². The van der Waals surface area contributed by atoms with Crippen molar-refractivity contribution in [2.75, 3.05) is 15.5 Å². The predicted molar refractivity (Wildman–Crippen MR) is 487 cm³/mol. The summed E-state index contributed by atoms with van der Waals surface area (Å²) in [7, 11) is 0. The van der Waals surface area contributed by atoms with E-state index >= 15 is 0 Å². The zero-order valence-electron chi connectivity index (χ0n) is 75.4. The Morgan fingerprint density at radius 2 is 0.688 bits per heavy atom. The molecule has 0 aromatic heterocycles. The first kappa shape index (κ1) is 73.5. The molecule has 0 atom stereocenters. The number of rotatable bonds is 11. The highest BCUT2D eigenvalue weighted by atomic mass is 15.2. The third kappa shape index (κ3) is 17.3. The number of hydrogen-bond donors (Lipinski definition) is 2. The first-order valence-corrected chi connectivity index (χ1v) is 41.6. The summed E-state index contributed by atoms with van der Waals surface area (Å²) in [5.41, 5.74) is 32.0. The van der Waals surface area contributed by atoms with Crippen LogP contribution in [0.25, 0.3) is 66.8 Å². The number of hydrogen-bond acceptors (Lipinski definition) is 3. The van der Waals surface area contributed by atoms with Crippen molar-refractivity contribution in [3.05, 3.63) is 323 Å². The maximum atomic E-state index is 9.70. The highest BCUT2D eigenvalue weighted by molar-refractivity contribution is 5.89. The van der Waals surface area contributed by atoms with Gasteiger partial charge in [-0.05, 0) is 297 Å². The van der Waals surface area contributed by atoms with E-state index in [4.69, 9.17) is 4.11 Å². The molecule has 12 aromatic carbocycles. The van der Waals surface area contributed by atoms with Crippen molar-refractivity contribution >= 4 is 34.1 Å². The van der Waals surface area contributed by atoms with Crippen LogP contribution in [0.4, 0.5) is 34.1 Å². The molecule has 0 heterocycles. The van der Waals surface area contributed by atoms with Gasteiger partial charge in [-0.2, -0.15) is 0 Å². The molecular weight excluding hydrogens is 1350 g/mol. The van der Waals surface area contributed by atoms with Crippen molar-refractivity contribution in [1.82, 2.24) is 0 Å². The van der Waals surface area contributed by atoms with Crippen molar-refractivity contribution in [2.45, 2.75) is 223 Å². The summed E-state index contributed by atoms with van der Waals surface area (Å²) in [6.45, 7) is 37.8. The van der Waals surface area contributed by atoms with Crippen LogP contribution in [0.2, 0.25) is 0 Å². The number of benzene rings is 12. The first-order valence-electron chi connectivity index (χ1n) is 44.1. The maximum Gasteiger partial charge on any atom is 0.0449 e. The Balaban J connectivity index is 0.000000145. The lowest BCUT2D eigenvalue weighted by Crippen LogP contribution is -2.38. The van der Waals surface area contributed by atoms with E-state index in [1.54, 1.807) is 0 Å². The lowest BCUT2D eigenvalue weighted by molar-refractivity contribution is 0.225. The molecule has 0 spiro atoms. The fourth-order valence-electron chi connectivity index (χ4n) is 17.6. The van der Waals surface area contributed by atoms with Crippen LogP contribution in [-0.2, 0) is 16.2 Å². The maximum absolute atomic E-state index is 9.70. The summed E-state index contributed by atoms with van der Waals surface area (Å²) in [6, 6.07) is 94.7. The Hall–Kier alpha value is -9.96. The molecule has 2 N–H and O–H groups in total. The van der Waals surface area contributed by atoms with E-state index in [2.05, 4.69) is 377 Å². The Kier molecular flexibility index (Phi) is 21.9. The van der Waals surface area contributed by atoms with Crippen LogP contribution < -0.4 is 15.5 Å². The van der Waals surface area contributed by atoms with Crippen LogP contribution >= 0.6 is 0 Å². The number of aryl methyl sites for hydroxylation is 2. The second-order valence-corrected chi connectivity index (χ2v) is 36.7. The van der Waals surface area contributed by atoms with Gasteiger partial charge in [0.1, 0.15) is 0 Å². The van der Waals surface area contributed by atoms with E-state index in [1.807, 2.05) is 30.3 Å². The molecule has 576 valence electrons. The van der Waals surface area contributed by atoms with Crippen molar-refractivity contribution in [3.63, 3.8) is 0 Å². The molecule has 0 amide bonds. The fourth-order valence-corrected chi connectivity index (χ4v) is 17.6. The van der Waals surface area contributed by atoms with Crippen LogP contribution in [0, 0.1) is 31.0 Å². The summed E-state index contributed by atoms with van der Waals surface area (Å²) in [5.74, 6) is 0.541. The van der Waals surface area contributed by atoms with Gasteiger partial charge in [-0.15, -0.1) is 0 Å².